The van der Waals surface area contributed by atoms with Gasteiger partial charge in [-0.3, -0.25) is 4.79 Å². The second kappa shape index (κ2) is 7.14. The molecule has 0 bridgehead atoms. The van der Waals surface area contributed by atoms with Crippen molar-refractivity contribution in [3.63, 3.8) is 0 Å². The first-order chi connectivity index (χ1) is 7.72. The molecule has 16 heavy (non-hydrogen) atoms. The van der Waals surface area contributed by atoms with E-state index in [1.54, 1.807) is 11.8 Å². The van der Waals surface area contributed by atoms with Crippen molar-refractivity contribution in [1.82, 2.24) is 0 Å². The lowest BCUT2D eigenvalue weighted by Gasteiger charge is -2.01. The molecule has 1 nitrogen and oxygen atoms in total. The van der Waals surface area contributed by atoms with Gasteiger partial charge < -0.3 is 0 Å². The van der Waals surface area contributed by atoms with Gasteiger partial charge in [0, 0.05) is 17.7 Å². The molecule has 0 saturated carbocycles. The van der Waals surface area contributed by atoms with Crippen molar-refractivity contribution in [1.29, 1.82) is 0 Å². The molecule has 1 aromatic rings. The highest BCUT2D eigenvalue weighted by molar-refractivity contribution is 8.00. The highest BCUT2D eigenvalue weighted by Crippen LogP contribution is 2.19. The summed E-state index contributed by atoms with van der Waals surface area (Å²) in [4.78, 5) is 12.6. The van der Waals surface area contributed by atoms with Crippen LogP contribution in [0.25, 0.3) is 0 Å². The second-order valence-electron chi connectivity index (χ2n) is 3.70. The van der Waals surface area contributed by atoms with E-state index in [0.717, 1.165) is 11.3 Å². The maximum Gasteiger partial charge on any atom is 0.143 e. The summed E-state index contributed by atoms with van der Waals surface area (Å²) in [7, 11) is 0. The van der Waals surface area contributed by atoms with E-state index in [2.05, 4.69) is 25.0 Å². The van der Waals surface area contributed by atoms with Crippen LogP contribution in [0.1, 0.15) is 24.8 Å². The zero-order chi connectivity index (χ0) is 11.8. The molecule has 0 saturated heterocycles. The van der Waals surface area contributed by atoms with E-state index < -0.39 is 0 Å². The van der Waals surface area contributed by atoms with Crippen LogP contribution in [0, 0.1) is 19.3 Å². The van der Waals surface area contributed by atoms with Crippen molar-refractivity contribution < 1.29 is 4.79 Å². The first-order valence-corrected chi connectivity index (χ1v) is 6.35. The predicted octanol–water partition coefficient (Wildman–Crippen LogP) is 3.46. The van der Waals surface area contributed by atoms with E-state index in [4.69, 9.17) is 6.42 Å². The van der Waals surface area contributed by atoms with Crippen LogP contribution in [0.2, 0.25) is 0 Å². The van der Waals surface area contributed by atoms with E-state index in [1.165, 1.54) is 5.56 Å². The van der Waals surface area contributed by atoms with Crippen LogP contribution in [0.3, 0.4) is 0 Å². The Morgan fingerprint density at radius 3 is 3.00 bits per heavy atom. The third-order valence-electron chi connectivity index (χ3n) is 2.17. The van der Waals surface area contributed by atoms with E-state index in [-0.39, 0.29) is 5.78 Å². The first kappa shape index (κ1) is 12.9. The normalized spacial score (nSPS) is 9.75. The number of terminal acetylenes is 1. The number of Topliss-reactive ketones (excluding diaryl/α,β-unsaturated/α-hetero) is 1. The topological polar surface area (TPSA) is 17.1 Å². The van der Waals surface area contributed by atoms with Crippen LogP contribution in [0.4, 0.5) is 0 Å². The Hall–Kier alpha value is -1.20. The van der Waals surface area contributed by atoms with Gasteiger partial charge in [-0.05, 0) is 25.5 Å². The minimum Gasteiger partial charge on any atom is -0.299 e. The smallest absolute Gasteiger partial charge is 0.143 e. The molecular formula is C14H16OS. The summed E-state index contributed by atoms with van der Waals surface area (Å²) >= 11 is 1.60. The summed E-state index contributed by atoms with van der Waals surface area (Å²) in [5.41, 5.74) is 1.23. The van der Waals surface area contributed by atoms with Gasteiger partial charge in [0.1, 0.15) is 5.78 Å². The molecule has 0 fully saturated rings. The minimum absolute atomic E-state index is 0.279. The van der Waals surface area contributed by atoms with Gasteiger partial charge in [-0.15, -0.1) is 24.1 Å². The average Bonchev–Trinajstić information content (AvgIpc) is 2.27. The van der Waals surface area contributed by atoms with Crippen LogP contribution < -0.4 is 0 Å². The lowest BCUT2D eigenvalue weighted by atomic mass is 10.2. The molecule has 0 aliphatic carbocycles. The summed E-state index contributed by atoms with van der Waals surface area (Å²) in [6, 6.07) is 8.20. The minimum atomic E-state index is 0.279. The standard InChI is InChI=1S/C14H16OS/c1-3-4-5-8-13(15)11-16-14-9-6-7-12(2)10-14/h1,6-7,9-10H,4-5,8,11H2,2H3. The number of thioether (sulfide) groups is 1. The lowest BCUT2D eigenvalue weighted by molar-refractivity contribution is -0.116. The number of ketones is 1. The molecule has 0 unspecified atom stereocenters. The van der Waals surface area contributed by atoms with E-state index >= 15 is 0 Å². The Labute approximate surface area is 102 Å². The van der Waals surface area contributed by atoms with Gasteiger partial charge in [0.25, 0.3) is 0 Å². The van der Waals surface area contributed by atoms with E-state index in [1.807, 2.05) is 12.1 Å². The van der Waals surface area contributed by atoms with Crippen molar-refractivity contribution in [2.24, 2.45) is 0 Å². The number of hydrogen-bond acceptors (Lipinski definition) is 2. The Kier molecular flexibility index (Phi) is 5.74. The fourth-order valence-corrected chi connectivity index (χ4v) is 2.24. The quantitative estimate of drug-likeness (QED) is 0.424. The SMILES string of the molecule is C#CCCCC(=O)CSc1cccc(C)c1. The largest absolute Gasteiger partial charge is 0.299 e. The first-order valence-electron chi connectivity index (χ1n) is 5.37. The van der Waals surface area contributed by atoms with E-state index in [9.17, 15) is 4.79 Å². The Bertz CT molecular complexity index is 390. The molecule has 0 spiro atoms. The monoisotopic (exact) mass is 232 g/mol. The van der Waals surface area contributed by atoms with Gasteiger partial charge in [-0.25, -0.2) is 0 Å². The van der Waals surface area contributed by atoms with Crippen molar-refractivity contribution in [2.75, 3.05) is 5.75 Å². The van der Waals surface area contributed by atoms with Gasteiger partial charge in [0.2, 0.25) is 0 Å². The molecule has 1 aromatic carbocycles. The molecule has 0 N–H and O–H groups in total. The molecule has 0 heterocycles. The van der Waals surface area contributed by atoms with Gasteiger partial charge in [0.15, 0.2) is 0 Å². The molecule has 0 aromatic heterocycles. The molecule has 1 rings (SSSR count). The number of rotatable bonds is 6. The third kappa shape index (κ3) is 5.04. The second-order valence-corrected chi connectivity index (χ2v) is 4.75. The average molecular weight is 232 g/mol. The third-order valence-corrected chi connectivity index (χ3v) is 3.22. The molecular weight excluding hydrogens is 216 g/mol. The van der Waals surface area contributed by atoms with Crippen molar-refractivity contribution in [3.8, 4) is 12.3 Å². The number of benzene rings is 1. The number of aryl methyl sites for hydroxylation is 1. The Morgan fingerprint density at radius 2 is 2.31 bits per heavy atom. The van der Waals surface area contributed by atoms with Gasteiger partial charge in [0.05, 0.1) is 5.75 Å². The fourth-order valence-electron chi connectivity index (χ4n) is 1.33. The van der Waals surface area contributed by atoms with Crippen molar-refractivity contribution >= 4 is 17.5 Å². The number of carbonyl (C=O) groups excluding carboxylic acids is 1. The van der Waals surface area contributed by atoms with Crippen LogP contribution in [0.15, 0.2) is 29.2 Å². The highest BCUT2D eigenvalue weighted by Gasteiger charge is 2.02. The molecule has 0 amide bonds. The molecule has 0 aliphatic heterocycles. The Morgan fingerprint density at radius 1 is 1.50 bits per heavy atom. The zero-order valence-electron chi connectivity index (χ0n) is 9.53. The van der Waals surface area contributed by atoms with Crippen LogP contribution in [-0.4, -0.2) is 11.5 Å². The highest BCUT2D eigenvalue weighted by atomic mass is 32.2. The van der Waals surface area contributed by atoms with Gasteiger partial charge >= 0.3 is 0 Å². The maximum atomic E-state index is 11.5. The summed E-state index contributed by atoms with van der Waals surface area (Å²) in [6.07, 6.45) is 7.23. The van der Waals surface area contributed by atoms with Crippen LogP contribution in [-0.2, 0) is 4.79 Å². The summed E-state index contributed by atoms with van der Waals surface area (Å²) in [6.45, 7) is 2.05. The number of carbonyl (C=O) groups is 1. The summed E-state index contributed by atoms with van der Waals surface area (Å²) < 4.78 is 0. The molecule has 2 heteroatoms. The Balaban J connectivity index is 2.29. The van der Waals surface area contributed by atoms with Crippen LogP contribution >= 0.6 is 11.8 Å². The molecule has 84 valence electrons. The number of unbranched alkanes of at least 4 members (excludes halogenated alkanes) is 1. The maximum absolute atomic E-state index is 11.5. The number of hydrogen-bond donors (Lipinski definition) is 0. The molecule has 0 radical (unpaired) electrons. The van der Waals surface area contributed by atoms with Crippen molar-refractivity contribution in [2.45, 2.75) is 31.1 Å². The van der Waals surface area contributed by atoms with Crippen LogP contribution in [0.5, 0.6) is 0 Å². The summed E-state index contributed by atoms with van der Waals surface area (Å²) in [5.74, 6) is 3.37. The molecule has 0 aliphatic rings. The van der Waals surface area contributed by atoms with E-state index in [0.29, 0.717) is 18.6 Å². The predicted molar refractivity (Wildman–Crippen MR) is 69.6 cm³/mol. The zero-order valence-corrected chi connectivity index (χ0v) is 10.3. The lowest BCUT2D eigenvalue weighted by Crippen LogP contribution is -2.00. The van der Waals surface area contributed by atoms with Gasteiger partial charge in [-0.2, -0.15) is 0 Å². The molecule has 0 atom stereocenters. The summed E-state index contributed by atoms with van der Waals surface area (Å²) in [5, 5.41) is 0. The van der Waals surface area contributed by atoms with Gasteiger partial charge in [-0.1, -0.05) is 17.7 Å². The fraction of sp³-hybridized carbons (Fsp3) is 0.357. The van der Waals surface area contributed by atoms with Crippen molar-refractivity contribution in [3.05, 3.63) is 29.8 Å².